The monoisotopic (exact) mass is 454 g/mol. The van der Waals surface area contributed by atoms with Crippen LogP contribution in [0.1, 0.15) is 13.8 Å². The smallest absolute Gasteiger partial charge is 0.236 e. The van der Waals surface area contributed by atoms with Crippen molar-refractivity contribution in [3.8, 4) is 11.4 Å². The lowest BCUT2D eigenvalue weighted by atomic mass is 10.1. The van der Waals surface area contributed by atoms with Gasteiger partial charge in [-0.15, -0.1) is 5.10 Å². The maximum absolute atomic E-state index is 13.4. The van der Waals surface area contributed by atoms with E-state index in [4.69, 9.17) is 4.74 Å². The van der Waals surface area contributed by atoms with Crippen LogP contribution in [0.25, 0.3) is 5.69 Å². The Bertz CT molecular complexity index is 1040. The number of anilines is 1. The van der Waals surface area contributed by atoms with Gasteiger partial charge in [-0.05, 0) is 34.5 Å². The van der Waals surface area contributed by atoms with E-state index in [-0.39, 0.29) is 17.1 Å². The SMILES string of the molecule is COc1ccccc1-n1nnnc1SC(C(=O)N1CCN(c2ncccn2)CC1)C(C)C. The molecule has 1 aromatic carbocycles. The number of aromatic nitrogens is 6. The number of thioether (sulfide) groups is 1. The van der Waals surface area contributed by atoms with Crippen LogP contribution < -0.4 is 9.64 Å². The highest BCUT2D eigenvalue weighted by Gasteiger charge is 2.32. The van der Waals surface area contributed by atoms with Gasteiger partial charge in [-0.25, -0.2) is 9.97 Å². The Morgan fingerprint density at radius 3 is 2.47 bits per heavy atom. The zero-order valence-corrected chi connectivity index (χ0v) is 19.1. The van der Waals surface area contributed by atoms with Crippen molar-refractivity contribution in [3.63, 3.8) is 0 Å². The van der Waals surface area contributed by atoms with Crippen LogP contribution in [0.15, 0.2) is 47.9 Å². The van der Waals surface area contributed by atoms with Gasteiger partial charge in [0.15, 0.2) is 0 Å². The summed E-state index contributed by atoms with van der Waals surface area (Å²) < 4.78 is 7.07. The predicted molar refractivity (Wildman–Crippen MR) is 121 cm³/mol. The average molecular weight is 455 g/mol. The molecule has 0 radical (unpaired) electrons. The lowest BCUT2D eigenvalue weighted by Crippen LogP contribution is -2.52. The fraction of sp³-hybridized carbons (Fsp3) is 0.429. The second-order valence-corrected chi connectivity index (χ2v) is 8.80. The summed E-state index contributed by atoms with van der Waals surface area (Å²) in [5.74, 6) is 1.55. The summed E-state index contributed by atoms with van der Waals surface area (Å²) in [6, 6.07) is 9.32. The Labute approximate surface area is 191 Å². The van der Waals surface area contributed by atoms with Crippen molar-refractivity contribution in [1.82, 2.24) is 35.1 Å². The van der Waals surface area contributed by atoms with Gasteiger partial charge in [-0.3, -0.25) is 4.79 Å². The van der Waals surface area contributed by atoms with E-state index >= 15 is 0 Å². The molecule has 1 aliphatic heterocycles. The van der Waals surface area contributed by atoms with Crippen LogP contribution in [0.2, 0.25) is 0 Å². The molecule has 0 N–H and O–H groups in total. The van der Waals surface area contributed by atoms with Gasteiger partial charge in [0, 0.05) is 38.6 Å². The van der Waals surface area contributed by atoms with Crippen molar-refractivity contribution in [1.29, 1.82) is 0 Å². The van der Waals surface area contributed by atoms with Crippen LogP contribution in [0, 0.1) is 5.92 Å². The first kappa shape index (κ1) is 22.0. The van der Waals surface area contributed by atoms with E-state index in [9.17, 15) is 4.79 Å². The third-order valence-corrected chi connectivity index (χ3v) is 6.73. The zero-order valence-electron chi connectivity index (χ0n) is 18.3. The molecule has 1 aliphatic rings. The molecule has 0 spiro atoms. The van der Waals surface area contributed by atoms with E-state index in [1.165, 1.54) is 11.8 Å². The van der Waals surface area contributed by atoms with Gasteiger partial charge in [0.25, 0.3) is 0 Å². The molecule has 3 heterocycles. The van der Waals surface area contributed by atoms with Gasteiger partial charge in [0.1, 0.15) is 11.4 Å². The summed E-state index contributed by atoms with van der Waals surface area (Å²) in [6.45, 7) is 6.73. The molecule has 4 rings (SSSR count). The van der Waals surface area contributed by atoms with Gasteiger partial charge in [0.05, 0.1) is 12.4 Å². The summed E-state index contributed by atoms with van der Waals surface area (Å²) in [4.78, 5) is 26.1. The van der Waals surface area contributed by atoms with Crippen molar-refractivity contribution in [3.05, 3.63) is 42.7 Å². The first-order valence-electron chi connectivity index (χ1n) is 10.5. The molecule has 1 atom stereocenters. The van der Waals surface area contributed by atoms with Gasteiger partial charge in [-0.1, -0.05) is 37.7 Å². The molecule has 1 saturated heterocycles. The highest BCUT2D eigenvalue weighted by molar-refractivity contribution is 8.00. The van der Waals surface area contributed by atoms with Gasteiger partial charge < -0.3 is 14.5 Å². The Morgan fingerprint density at radius 1 is 1.06 bits per heavy atom. The Hall–Kier alpha value is -3.21. The molecule has 11 heteroatoms. The zero-order chi connectivity index (χ0) is 22.5. The largest absolute Gasteiger partial charge is 0.494 e. The third kappa shape index (κ3) is 4.67. The Morgan fingerprint density at radius 2 is 1.78 bits per heavy atom. The Kier molecular flexibility index (Phi) is 6.84. The van der Waals surface area contributed by atoms with Crippen molar-refractivity contribution in [2.24, 2.45) is 5.92 Å². The van der Waals surface area contributed by atoms with E-state index < -0.39 is 0 Å². The highest BCUT2D eigenvalue weighted by atomic mass is 32.2. The molecule has 0 aliphatic carbocycles. The maximum atomic E-state index is 13.4. The number of ether oxygens (including phenoxy) is 1. The standard InChI is InChI=1S/C21H26N8O2S/c1-15(2)18(19(30)27-11-13-28(14-12-27)20-22-9-6-10-23-20)32-21-24-25-26-29(21)16-7-4-5-8-17(16)31-3/h4-10,15,18H,11-14H2,1-3H3. The first-order valence-corrected chi connectivity index (χ1v) is 11.4. The highest BCUT2D eigenvalue weighted by Crippen LogP contribution is 2.31. The minimum atomic E-state index is -0.311. The summed E-state index contributed by atoms with van der Waals surface area (Å²) in [5.41, 5.74) is 0.730. The molecular weight excluding hydrogens is 428 g/mol. The van der Waals surface area contributed by atoms with E-state index in [1.54, 1.807) is 30.3 Å². The number of tetrazole rings is 1. The van der Waals surface area contributed by atoms with Crippen LogP contribution in [-0.2, 0) is 4.79 Å². The quantitative estimate of drug-likeness (QED) is 0.495. The number of hydrogen-bond donors (Lipinski definition) is 0. The lowest BCUT2D eigenvalue weighted by molar-refractivity contribution is -0.131. The summed E-state index contributed by atoms with van der Waals surface area (Å²) in [5, 5.41) is 12.4. The third-order valence-electron chi connectivity index (χ3n) is 5.26. The summed E-state index contributed by atoms with van der Waals surface area (Å²) >= 11 is 1.38. The molecule has 10 nitrogen and oxygen atoms in total. The number of methoxy groups -OCH3 is 1. The first-order chi connectivity index (χ1) is 15.6. The minimum absolute atomic E-state index is 0.0909. The van der Waals surface area contributed by atoms with Gasteiger partial charge >= 0.3 is 0 Å². The van der Waals surface area contributed by atoms with Crippen LogP contribution in [0.3, 0.4) is 0 Å². The number of amides is 1. The molecule has 1 fully saturated rings. The molecule has 3 aromatic rings. The average Bonchev–Trinajstić information content (AvgIpc) is 3.30. The van der Waals surface area contributed by atoms with E-state index in [0.29, 0.717) is 43.0 Å². The molecular formula is C21H26N8O2S. The number of piperazine rings is 1. The number of rotatable bonds is 7. The molecule has 1 unspecified atom stereocenters. The second kappa shape index (κ2) is 9.94. The topological polar surface area (TPSA) is 102 Å². The Balaban J connectivity index is 1.47. The number of para-hydroxylation sites is 2. The van der Waals surface area contributed by atoms with Crippen LogP contribution in [0.4, 0.5) is 5.95 Å². The van der Waals surface area contributed by atoms with Crippen molar-refractivity contribution in [2.75, 3.05) is 38.2 Å². The maximum Gasteiger partial charge on any atom is 0.236 e. The number of carbonyl (C=O) groups is 1. The fourth-order valence-electron chi connectivity index (χ4n) is 3.55. The van der Waals surface area contributed by atoms with Crippen LogP contribution >= 0.6 is 11.8 Å². The molecule has 0 saturated carbocycles. The number of hydrogen-bond acceptors (Lipinski definition) is 9. The summed E-state index contributed by atoms with van der Waals surface area (Å²) in [6.07, 6.45) is 3.47. The van der Waals surface area contributed by atoms with Gasteiger partial charge in [-0.2, -0.15) is 4.68 Å². The number of benzene rings is 1. The number of carbonyl (C=O) groups excluding carboxylic acids is 1. The van der Waals surface area contributed by atoms with Crippen LogP contribution in [-0.4, -0.2) is 79.5 Å². The molecule has 32 heavy (non-hydrogen) atoms. The van der Waals surface area contributed by atoms with E-state index in [2.05, 4.69) is 30.4 Å². The van der Waals surface area contributed by atoms with Crippen molar-refractivity contribution < 1.29 is 9.53 Å². The molecule has 168 valence electrons. The fourth-order valence-corrected chi connectivity index (χ4v) is 4.62. The van der Waals surface area contributed by atoms with Crippen molar-refractivity contribution in [2.45, 2.75) is 24.3 Å². The minimum Gasteiger partial charge on any atom is -0.494 e. The van der Waals surface area contributed by atoms with Crippen molar-refractivity contribution >= 4 is 23.6 Å². The summed E-state index contributed by atoms with van der Waals surface area (Å²) in [7, 11) is 1.61. The molecule has 2 aromatic heterocycles. The van der Waals surface area contributed by atoms with Gasteiger partial charge in [0.2, 0.25) is 17.0 Å². The lowest BCUT2D eigenvalue weighted by Gasteiger charge is -2.36. The molecule has 1 amide bonds. The van der Waals surface area contributed by atoms with E-state index in [1.807, 2.05) is 43.0 Å². The second-order valence-electron chi connectivity index (χ2n) is 7.69. The number of nitrogens with zero attached hydrogens (tertiary/aromatic N) is 8. The normalized spacial score (nSPS) is 15.1. The predicted octanol–water partition coefficient (Wildman–Crippen LogP) is 1.93. The molecule has 0 bridgehead atoms. The van der Waals surface area contributed by atoms with E-state index in [0.717, 1.165) is 5.69 Å². The van der Waals surface area contributed by atoms with Crippen LogP contribution in [0.5, 0.6) is 5.75 Å².